The van der Waals surface area contributed by atoms with Gasteiger partial charge in [0.15, 0.2) is 0 Å². The first-order chi connectivity index (χ1) is 12.4. The second-order valence-corrected chi connectivity index (χ2v) is 8.51. The molecule has 1 aliphatic rings. The minimum Gasteiger partial charge on any atom is -0.492 e. The second kappa shape index (κ2) is 6.63. The molecule has 3 heterocycles. The Morgan fingerprint density at radius 2 is 2.00 bits per heavy atom. The van der Waals surface area contributed by atoms with E-state index in [1.54, 1.807) is 19.1 Å². The van der Waals surface area contributed by atoms with Gasteiger partial charge in [0.1, 0.15) is 11.6 Å². The molecule has 0 radical (unpaired) electrons. The van der Waals surface area contributed by atoms with Crippen molar-refractivity contribution < 1.29 is 9.50 Å². The molecule has 4 rings (SSSR count). The normalized spacial score (nSPS) is 22.8. The summed E-state index contributed by atoms with van der Waals surface area (Å²) in [4.78, 5) is 8.17. The Morgan fingerprint density at radius 1 is 1.27 bits per heavy atom. The van der Waals surface area contributed by atoms with Gasteiger partial charge in [-0.2, -0.15) is 4.52 Å². The van der Waals surface area contributed by atoms with E-state index in [1.165, 1.54) is 28.3 Å². The fourth-order valence-corrected chi connectivity index (χ4v) is 5.32. The van der Waals surface area contributed by atoms with Crippen molar-refractivity contribution in [2.45, 2.75) is 33.2 Å². The van der Waals surface area contributed by atoms with E-state index in [0.717, 1.165) is 23.5 Å². The van der Waals surface area contributed by atoms with Crippen molar-refractivity contribution in [3.05, 3.63) is 46.3 Å². The van der Waals surface area contributed by atoms with Crippen LogP contribution in [0.15, 0.2) is 24.3 Å². The van der Waals surface area contributed by atoms with Crippen LogP contribution in [-0.4, -0.2) is 37.7 Å². The number of rotatable bonds is 3. The summed E-state index contributed by atoms with van der Waals surface area (Å²) in [5, 5.41) is 15.1. The Morgan fingerprint density at radius 3 is 2.65 bits per heavy atom. The molecule has 0 bridgehead atoms. The number of nitrogens with zero attached hydrogens (tertiary/aromatic N) is 4. The highest BCUT2D eigenvalue weighted by atomic mass is 32.1. The van der Waals surface area contributed by atoms with Crippen molar-refractivity contribution in [3.8, 4) is 5.88 Å². The number of hydrogen-bond donors (Lipinski definition) is 1. The first-order valence-electron chi connectivity index (χ1n) is 8.97. The summed E-state index contributed by atoms with van der Waals surface area (Å²) in [5.74, 6) is 1.58. The van der Waals surface area contributed by atoms with E-state index in [9.17, 15) is 9.50 Å². The van der Waals surface area contributed by atoms with Crippen LogP contribution in [0, 0.1) is 24.6 Å². The fraction of sp³-hybridized carbons (Fsp3) is 0.474. The number of aryl methyl sites for hydroxylation is 1. The zero-order valence-electron chi connectivity index (χ0n) is 15.2. The standard InChI is InChI=1S/C19H23FN4OS/c1-11-7-12(2)10-23(9-11)16(14-5-4-6-15(20)8-14)17-18(25)24-19(26-17)21-13(3)22-24/h4-6,8,11-12,16,25H,7,9-10H2,1-3H3. The summed E-state index contributed by atoms with van der Waals surface area (Å²) >= 11 is 1.42. The van der Waals surface area contributed by atoms with Crippen molar-refractivity contribution in [3.63, 3.8) is 0 Å². The lowest BCUT2D eigenvalue weighted by Crippen LogP contribution is -2.41. The quantitative estimate of drug-likeness (QED) is 0.753. The number of fused-ring (bicyclic) bond motifs is 1. The summed E-state index contributed by atoms with van der Waals surface area (Å²) in [6.45, 7) is 8.13. The molecule has 0 spiro atoms. The van der Waals surface area contributed by atoms with Crippen molar-refractivity contribution >= 4 is 16.3 Å². The van der Waals surface area contributed by atoms with Gasteiger partial charge in [0.2, 0.25) is 10.8 Å². The average molecular weight is 374 g/mol. The van der Waals surface area contributed by atoms with E-state index >= 15 is 0 Å². The van der Waals surface area contributed by atoms with Crippen molar-refractivity contribution in [2.75, 3.05) is 13.1 Å². The zero-order chi connectivity index (χ0) is 18.4. The number of benzene rings is 1. The van der Waals surface area contributed by atoms with Gasteiger partial charge in [-0.05, 0) is 42.9 Å². The molecule has 1 fully saturated rings. The minimum atomic E-state index is -0.264. The van der Waals surface area contributed by atoms with Crippen LogP contribution in [0.5, 0.6) is 5.88 Å². The van der Waals surface area contributed by atoms with E-state index in [4.69, 9.17) is 0 Å². The summed E-state index contributed by atoms with van der Waals surface area (Å²) in [6.07, 6.45) is 1.19. The van der Waals surface area contributed by atoms with Crippen LogP contribution in [-0.2, 0) is 0 Å². The van der Waals surface area contributed by atoms with Crippen LogP contribution in [0.3, 0.4) is 0 Å². The minimum absolute atomic E-state index is 0.103. The Bertz CT molecular complexity index is 927. The van der Waals surface area contributed by atoms with Gasteiger partial charge in [0, 0.05) is 13.1 Å². The van der Waals surface area contributed by atoms with Crippen molar-refractivity contribution in [1.82, 2.24) is 19.5 Å². The lowest BCUT2D eigenvalue weighted by atomic mass is 9.89. The van der Waals surface area contributed by atoms with Gasteiger partial charge in [-0.3, -0.25) is 4.90 Å². The number of hydrogen-bond acceptors (Lipinski definition) is 5. The molecule has 0 saturated carbocycles. The second-order valence-electron chi connectivity index (χ2n) is 7.50. The van der Waals surface area contributed by atoms with Crippen LogP contribution in [0.2, 0.25) is 0 Å². The van der Waals surface area contributed by atoms with E-state index < -0.39 is 0 Å². The highest BCUT2D eigenvalue weighted by Gasteiger charge is 2.33. The van der Waals surface area contributed by atoms with Crippen LogP contribution in [0.4, 0.5) is 4.39 Å². The van der Waals surface area contributed by atoms with E-state index in [-0.39, 0.29) is 17.7 Å². The number of thiazole rings is 1. The molecule has 3 unspecified atom stereocenters. The molecule has 1 aliphatic heterocycles. The highest BCUT2D eigenvalue weighted by Crippen LogP contribution is 2.42. The number of likely N-dealkylation sites (tertiary alicyclic amines) is 1. The lowest BCUT2D eigenvalue weighted by Gasteiger charge is -2.40. The number of halogens is 1. The average Bonchev–Trinajstić information content (AvgIpc) is 3.05. The molecular weight excluding hydrogens is 351 g/mol. The molecule has 1 saturated heterocycles. The Kier molecular flexibility index (Phi) is 4.44. The van der Waals surface area contributed by atoms with Crippen LogP contribution >= 0.6 is 11.3 Å². The molecule has 5 nitrogen and oxygen atoms in total. The third-order valence-corrected chi connectivity index (χ3v) is 6.05. The molecule has 0 amide bonds. The first-order valence-corrected chi connectivity index (χ1v) is 9.78. The topological polar surface area (TPSA) is 53.7 Å². The molecule has 0 aliphatic carbocycles. The Labute approximate surface area is 156 Å². The zero-order valence-corrected chi connectivity index (χ0v) is 16.0. The maximum absolute atomic E-state index is 14.0. The first kappa shape index (κ1) is 17.4. The molecule has 26 heavy (non-hydrogen) atoms. The highest BCUT2D eigenvalue weighted by molar-refractivity contribution is 7.17. The molecule has 2 aromatic heterocycles. The fourth-order valence-electron chi connectivity index (χ4n) is 4.15. The maximum atomic E-state index is 14.0. The van der Waals surface area contributed by atoms with Gasteiger partial charge in [-0.25, -0.2) is 9.37 Å². The molecular formula is C19H23FN4OS. The third kappa shape index (κ3) is 3.10. The Balaban J connectivity index is 1.84. The van der Waals surface area contributed by atoms with Crippen LogP contribution < -0.4 is 0 Å². The smallest absolute Gasteiger partial charge is 0.230 e. The molecule has 1 N–H and O–H groups in total. The molecule has 1 aromatic carbocycles. The Hall–Kier alpha value is -1.99. The van der Waals surface area contributed by atoms with Gasteiger partial charge in [0.05, 0.1) is 10.9 Å². The summed E-state index contributed by atoms with van der Waals surface area (Å²) in [6, 6.07) is 6.47. The maximum Gasteiger partial charge on any atom is 0.230 e. The van der Waals surface area contributed by atoms with E-state index in [0.29, 0.717) is 22.6 Å². The summed E-state index contributed by atoms with van der Waals surface area (Å²) in [5.41, 5.74) is 0.850. The number of aromatic nitrogens is 3. The van der Waals surface area contributed by atoms with Crippen molar-refractivity contribution in [2.24, 2.45) is 11.8 Å². The predicted octanol–water partition coefficient (Wildman–Crippen LogP) is 4.01. The summed E-state index contributed by atoms with van der Waals surface area (Å²) < 4.78 is 15.4. The number of aromatic hydroxyl groups is 1. The molecule has 3 atom stereocenters. The third-order valence-electron chi connectivity index (χ3n) is 4.98. The lowest BCUT2D eigenvalue weighted by molar-refractivity contribution is 0.111. The molecule has 138 valence electrons. The van der Waals surface area contributed by atoms with Gasteiger partial charge in [-0.15, -0.1) is 5.10 Å². The predicted molar refractivity (Wildman–Crippen MR) is 100 cm³/mol. The van der Waals surface area contributed by atoms with Gasteiger partial charge in [0.25, 0.3) is 0 Å². The van der Waals surface area contributed by atoms with Gasteiger partial charge in [-0.1, -0.05) is 37.3 Å². The number of piperidine rings is 1. The van der Waals surface area contributed by atoms with Crippen molar-refractivity contribution in [1.29, 1.82) is 0 Å². The monoisotopic (exact) mass is 374 g/mol. The van der Waals surface area contributed by atoms with E-state index in [2.05, 4.69) is 28.8 Å². The van der Waals surface area contributed by atoms with Gasteiger partial charge < -0.3 is 5.11 Å². The van der Waals surface area contributed by atoms with Gasteiger partial charge >= 0.3 is 0 Å². The largest absolute Gasteiger partial charge is 0.492 e. The van der Waals surface area contributed by atoms with Crippen LogP contribution in [0.25, 0.3) is 4.96 Å². The van der Waals surface area contributed by atoms with Crippen LogP contribution in [0.1, 0.15) is 42.6 Å². The summed E-state index contributed by atoms with van der Waals surface area (Å²) in [7, 11) is 0. The molecule has 7 heteroatoms. The molecule has 3 aromatic rings. The van der Waals surface area contributed by atoms with E-state index in [1.807, 2.05) is 6.07 Å². The SMILES string of the molecule is Cc1nc2sc(C(c3cccc(F)c3)N3CC(C)CC(C)C3)c(O)n2n1.